The normalized spacial score (nSPS) is 21.0. The molecule has 1 fully saturated rings. The molecule has 2 aliphatic rings. The molecule has 2 aromatic rings. The molecular formula is C21H23N. The second-order valence-corrected chi connectivity index (χ2v) is 6.66. The van der Waals surface area contributed by atoms with E-state index in [4.69, 9.17) is 0 Å². The molecule has 112 valence electrons. The first-order valence-electron chi connectivity index (χ1n) is 8.41. The zero-order valence-corrected chi connectivity index (χ0v) is 13.2. The lowest BCUT2D eigenvalue weighted by atomic mass is 9.74. The van der Waals surface area contributed by atoms with E-state index in [0.29, 0.717) is 5.92 Å². The molecule has 1 unspecified atom stereocenters. The van der Waals surface area contributed by atoms with Crippen molar-refractivity contribution >= 4 is 12.2 Å². The van der Waals surface area contributed by atoms with Crippen LogP contribution in [0.1, 0.15) is 46.6 Å². The van der Waals surface area contributed by atoms with Crippen LogP contribution in [0, 0.1) is 12.8 Å². The van der Waals surface area contributed by atoms with Crippen molar-refractivity contribution < 1.29 is 0 Å². The van der Waals surface area contributed by atoms with Crippen LogP contribution in [0.25, 0.3) is 12.2 Å². The summed E-state index contributed by atoms with van der Waals surface area (Å²) in [6.45, 7) is 4.51. The molecule has 0 radical (unpaired) electrons. The van der Waals surface area contributed by atoms with Crippen LogP contribution in [0.3, 0.4) is 0 Å². The van der Waals surface area contributed by atoms with Crippen molar-refractivity contribution in [3.05, 3.63) is 70.3 Å². The minimum atomic E-state index is 0.531. The Labute approximate surface area is 133 Å². The average Bonchev–Trinajstić information content (AvgIpc) is 2.72. The highest BCUT2D eigenvalue weighted by Crippen LogP contribution is 2.42. The van der Waals surface area contributed by atoms with Gasteiger partial charge in [0.25, 0.3) is 0 Å². The predicted octanol–water partition coefficient (Wildman–Crippen LogP) is 4.61. The fourth-order valence-electron chi connectivity index (χ4n) is 4.09. The molecule has 1 atom stereocenters. The van der Waals surface area contributed by atoms with Crippen LogP contribution in [0.15, 0.2) is 42.5 Å². The molecule has 0 amide bonds. The van der Waals surface area contributed by atoms with E-state index in [0.717, 1.165) is 19.0 Å². The molecule has 0 aromatic heterocycles. The first kappa shape index (κ1) is 13.8. The van der Waals surface area contributed by atoms with Crippen LogP contribution in [-0.2, 0) is 0 Å². The topological polar surface area (TPSA) is 12.0 Å². The van der Waals surface area contributed by atoms with E-state index in [1.54, 1.807) is 0 Å². The summed E-state index contributed by atoms with van der Waals surface area (Å²) in [7, 11) is 0. The Hall–Kier alpha value is -1.86. The molecule has 1 heteroatoms. The van der Waals surface area contributed by atoms with E-state index in [-0.39, 0.29) is 0 Å². The van der Waals surface area contributed by atoms with Crippen molar-refractivity contribution in [3.63, 3.8) is 0 Å². The number of benzene rings is 2. The van der Waals surface area contributed by atoms with E-state index in [1.807, 2.05) is 0 Å². The SMILES string of the molecule is Cc1ccc2c(c1)C(C1CCNCC1)c1ccccc1C=C2. The van der Waals surface area contributed by atoms with Crippen LogP contribution in [-0.4, -0.2) is 13.1 Å². The Morgan fingerprint density at radius 1 is 0.864 bits per heavy atom. The van der Waals surface area contributed by atoms with Crippen LogP contribution in [0.2, 0.25) is 0 Å². The lowest BCUT2D eigenvalue weighted by molar-refractivity contribution is 0.342. The van der Waals surface area contributed by atoms with Gasteiger partial charge in [-0.1, -0.05) is 60.2 Å². The van der Waals surface area contributed by atoms with Gasteiger partial charge in [-0.15, -0.1) is 0 Å². The molecule has 1 heterocycles. The van der Waals surface area contributed by atoms with Gasteiger partial charge in [0.15, 0.2) is 0 Å². The van der Waals surface area contributed by atoms with Gasteiger partial charge in [0, 0.05) is 5.92 Å². The van der Waals surface area contributed by atoms with Gasteiger partial charge in [-0.3, -0.25) is 0 Å². The number of hydrogen-bond acceptors (Lipinski definition) is 1. The van der Waals surface area contributed by atoms with Gasteiger partial charge in [-0.2, -0.15) is 0 Å². The maximum atomic E-state index is 3.51. The smallest absolute Gasteiger partial charge is 0.0130 e. The molecule has 0 saturated carbocycles. The molecule has 1 aliphatic carbocycles. The van der Waals surface area contributed by atoms with Crippen molar-refractivity contribution in [2.24, 2.45) is 5.92 Å². The zero-order chi connectivity index (χ0) is 14.9. The summed E-state index contributed by atoms with van der Waals surface area (Å²) < 4.78 is 0. The van der Waals surface area contributed by atoms with Crippen molar-refractivity contribution in [2.45, 2.75) is 25.7 Å². The third kappa shape index (κ3) is 2.40. The second-order valence-electron chi connectivity index (χ2n) is 6.66. The van der Waals surface area contributed by atoms with Gasteiger partial charge in [-0.25, -0.2) is 0 Å². The fourth-order valence-corrected chi connectivity index (χ4v) is 4.09. The largest absolute Gasteiger partial charge is 0.317 e. The van der Waals surface area contributed by atoms with Crippen molar-refractivity contribution in [1.29, 1.82) is 0 Å². The maximum absolute atomic E-state index is 3.51. The van der Waals surface area contributed by atoms with E-state index in [2.05, 4.69) is 66.9 Å². The molecule has 22 heavy (non-hydrogen) atoms. The number of nitrogens with one attached hydrogen (secondary N) is 1. The lowest BCUT2D eigenvalue weighted by Gasteiger charge is -2.32. The Kier molecular flexibility index (Phi) is 3.59. The zero-order valence-electron chi connectivity index (χ0n) is 13.2. The molecule has 0 spiro atoms. The molecule has 1 saturated heterocycles. The van der Waals surface area contributed by atoms with Crippen LogP contribution in [0.5, 0.6) is 0 Å². The van der Waals surface area contributed by atoms with E-state index >= 15 is 0 Å². The second kappa shape index (κ2) is 5.73. The summed E-state index contributed by atoms with van der Waals surface area (Å²) in [6, 6.07) is 15.9. The quantitative estimate of drug-likeness (QED) is 0.808. The molecule has 1 N–H and O–H groups in total. The van der Waals surface area contributed by atoms with Gasteiger partial charge in [-0.05, 0) is 61.0 Å². The minimum absolute atomic E-state index is 0.531. The van der Waals surface area contributed by atoms with Crippen LogP contribution in [0.4, 0.5) is 0 Å². The third-order valence-corrected chi connectivity index (χ3v) is 5.21. The number of hydrogen-bond donors (Lipinski definition) is 1. The first-order chi connectivity index (χ1) is 10.8. The highest BCUT2D eigenvalue weighted by atomic mass is 14.9. The summed E-state index contributed by atoms with van der Waals surface area (Å²) in [6.07, 6.45) is 7.14. The van der Waals surface area contributed by atoms with Gasteiger partial charge in [0.2, 0.25) is 0 Å². The predicted molar refractivity (Wildman–Crippen MR) is 94.0 cm³/mol. The Bertz CT molecular complexity index is 708. The molecule has 4 rings (SSSR count). The fraction of sp³-hybridized carbons (Fsp3) is 0.333. The molecular weight excluding hydrogens is 266 g/mol. The lowest BCUT2D eigenvalue weighted by Crippen LogP contribution is -2.31. The summed E-state index contributed by atoms with van der Waals surface area (Å²) in [5, 5.41) is 3.51. The van der Waals surface area contributed by atoms with E-state index in [1.165, 1.54) is 40.7 Å². The third-order valence-electron chi connectivity index (χ3n) is 5.21. The number of piperidine rings is 1. The Balaban J connectivity index is 1.90. The summed E-state index contributed by atoms with van der Waals surface area (Å²) >= 11 is 0. The van der Waals surface area contributed by atoms with E-state index in [9.17, 15) is 0 Å². The van der Waals surface area contributed by atoms with Gasteiger partial charge in [0.05, 0.1) is 0 Å². The van der Waals surface area contributed by atoms with Crippen molar-refractivity contribution in [3.8, 4) is 0 Å². The highest BCUT2D eigenvalue weighted by Gasteiger charge is 2.30. The van der Waals surface area contributed by atoms with Gasteiger partial charge in [0.1, 0.15) is 0 Å². The summed E-state index contributed by atoms with van der Waals surface area (Å²) in [5.41, 5.74) is 7.18. The van der Waals surface area contributed by atoms with Gasteiger partial charge >= 0.3 is 0 Å². The van der Waals surface area contributed by atoms with Crippen molar-refractivity contribution in [2.75, 3.05) is 13.1 Å². The van der Waals surface area contributed by atoms with E-state index < -0.39 is 0 Å². The first-order valence-corrected chi connectivity index (χ1v) is 8.41. The number of aryl methyl sites for hydroxylation is 1. The van der Waals surface area contributed by atoms with Gasteiger partial charge < -0.3 is 5.32 Å². The monoisotopic (exact) mass is 289 g/mol. The minimum Gasteiger partial charge on any atom is -0.317 e. The highest BCUT2D eigenvalue weighted by molar-refractivity contribution is 5.76. The van der Waals surface area contributed by atoms with Crippen LogP contribution < -0.4 is 5.32 Å². The Morgan fingerprint density at radius 2 is 1.59 bits per heavy atom. The molecule has 1 nitrogen and oxygen atoms in total. The summed E-state index contributed by atoms with van der Waals surface area (Å²) in [4.78, 5) is 0. The molecule has 0 bridgehead atoms. The van der Waals surface area contributed by atoms with Crippen molar-refractivity contribution in [1.82, 2.24) is 5.32 Å². The molecule has 2 aromatic carbocycles. The summed E-state index contributed by atoms with van der Waals surface area (Å²) in [5.74, 6) is 1.27. The number of rotatable bonds is 1. The standard InChI is InChI=1S/C21H23N/c1-15-6-7-17-9-8-16-4-2-3-5-19(16)21(20(17)14-15)18-10-12-22-13-11-18/h2-9,14,18,21-22H,10-13H2,1H3. The Morgan fingerprint density at radius 3 is 2.41 bits per heavy atom. The average molecular weight is 289 g/mol. The molecule has 1 aliphatic heterocycles. The maximum Gasteiger partial charge on any atom is 0.0130 e. The number of fused-ring (bicyclic) bond motifs is 2. The van der Waals surface area contributed by atoms with Crippen LogP contribution >= 0.6 is 0 Å².